The molecule has 1 aliphatic heterocycles. The van der Waals surface area contributed by atoms with Crippen molar-refractivity contribution in [3.8, 4) is 0 Å². The molecule has 0 saturated carbocycles. The number of likely N-dealkylation sites (tertiary alicyclic amines) is 1. The highest BCUT2D eigenvalue weighted by Crippen LogP contribution is 2.25. The molecular weight excluding hydrogens is 342 g/mol. The largest absolute Gasteiger partial charge is 0.465 e. The monoisotopic (exact) mass is 367 g/mol. The van der Waals surface area contributed by atoms with E-state index >= 15 is 0 Å². The van der Waals surface area contributed by atoms with E-state index in [1.807, 2.05) is 13.0 Å². The number of carbonyl (C=O) groups excluding carboxylic acids is 1. The van der Waals surface area contributed by atoms with Crippen molar-refractivity contribution >= 4 is 23.9 Å². The average molecular weight is 368 g/mol. The Labute approximate surface area is 153 Å². The van der Waals surface area contributed by atoms with Gasteiger partial charge in [0.15, 0.2) is 0 Å². The van der Waals surface area contributed by atoms with Crippen molar-refractivity contribution in [2.24, 2.45) is 4.99 Å². The Hall–Kier alpha value is -1.63. The summed E-state index contributed by atoms with van der Waals surface area (Å²) >= 11 is 6.30. The van der Waals surface area contributed by atoms with E-state index in [0.29, 0.717) is 36.5 Å². The number of carbonyl (C=O) groups is 1. The van der Waals surface area contributed by atoms with Crippen molar-refractivity contribution in [1.82, 2.24) is 10.2 Å². The lowest BCUT2D eigenvalue weighted by molar-refractivity contribution is -0.0183. The summed E-state index contributed by atoms with van der Waals surface area (Å²) in [6.07, 6.45) is 3.04. The molecular formula is C18H26ClN3O3. The second-order valence-corrected chi connectivity index (χ2v) is 6.71. The van der Waals surface area contributed by atoms with Crippen LogP contribution in [0, 0.1) is 0 Å². The average Bonchev–Trinajstić information content (AvgIpc) is 2.62. The Morgan fingerprint density at radius 3 is 2.80 bits per heavy atom. The number of halogens is 1. The molecule has 138 valence electrons. The molecule has 1 saturated heterocycles. The highest BCUT2D eigenvalue weighted by Gasteiger charge is 2.31. The van der Waals surface area contributed by atoms with Crippen LogP contribution >= 0.6 is 11.6 Å². The minimum absolute atomic E-state index is 0.393. The van der Waals surface area contributed by atoms with Crippen LogP contribution in [0.25, 0.3) is 0 Å². The summed E-state index contributed by atoms with van der Waals surface area (Å²) in [7, 11) is 1.35. The zero-order chi connectivity index (χ0) is 18.3. The lowest BCUT2D eigenvalue weighted by atomic mass is 9.91. The van der Waals surface area contributed by atoms with Gasteiger partial charge in [0, 0.05) is 37.7 Å². The molecule has 1 aromatic rings. The smallest absolute Gasteiger partial charge is 0.337 e. The van der Waals surface area contributed by atoms with Gasteiger partial charge in [0.1, 0.15) is 0 Å². The lowest BCUT2D eigenvalue weighted by Gasteiger charge is -2.38. The standard InChI is InChI=1S/C18H26ClN3O3/c1-3-20-13-21-12-18(24)6-8-22(9-7-18)11-15-5-4-14(10-16(15)19)17(23)25-2/h4-5,10,13,24H,3,6-9,11-12H2,1-2H3,(H,20,21). The molecule has 0 amide bonds. The van der Waals surface area contributed by atoms with Gasteiger partial charge in [0.2, 0.25) is 0 Å². The number of nitrogens with one attached hydrogen (secondary N) is 1. The number of aliphatic imine (C=N–C) groups is 1. The summed E-state index contributed by atoms with van der Waals surface area (Å²) in [5.74, 6) is -0.393. The summed E-state index contributed by atoms with van der Waals surface area (Å²) in [4.78, 5) is 17.9. The van der Waals surface area contributed by atoms with Gasteiger partial charge in [-0.05, 0) is 37.5 Å². The van der Waals surface area contributed by atoms with Gasteiger partial charge < -0.3 is 15.2 Å². The predicted octanol–water partition coefficient (Wildman–Crippen LogP) is 2.09. The maximum atomic E-state index is 11.5. The van der Waals surface area contributed by atoms with Crippen molar-refractivity contribution in [2.45, 2.75) is 31.9 Å². The van der Waals surface area contributed by atoms with Gasteiger partial charge in [-0.15, -0.1) is 0 Å². The summed E-state index contributed by atoms with van der Waals surface area (Å²) in [6, 6.07) is 5.22. The fraction of sp³-hybridized carbons (Fsp3) is 0.556. The number of rotatable bonds is 7. The van der Waals surface area contributed by atoms with E-state index in [4.69, 9.17) is 16.3 Å². The molecule has 0 spiro atoms. The maximum absolute atomic E-state index is 11.5. The quantitative estimate of drug-likeness (QED) is 0.438. The third-order valence-electron chi connectivity index (χ3n) is 4.45. The number of hydrogen-bond donors (Lipinski definition) is 2. The highest BCUT2D eigenvalue weighted by molar-refractivity contribution is 6.31. The first-order valence-electron chi connectivity index (χ1n) is 8.50. The van der Waals surface area contributed by atoms with E-state index in [2.05, 4.69) is 15.2 Å². The van der Waals surface area contributed by atoms with Gasteiger partial charge >= 0.3 is 5.97 Å². The molecule has 1 heterocycles. The van der Waals surface area contributed by atoms with E-state index < -0.39 is 11.6 Å². The Morgan fingerprint density at radius 1 is 1.48 bits per heavy atom. The first-order chi connectivity index (χ1) is 12.0. The van der Waals surface area contributed by atoms with Crippen molar-refractivity contribution < 1.29 is 14.6 Å². The summed E-state index contributed by atoms with van der Waals surface area (Å²) in [6.45, 7) is 5.49. The molecule has 0 aliphatic carbocycles. The highest BCUT2D eigenvalue weighted by atomic mass is 35.5. The molecule has 0 atom stereocenters. The van der Waals surface area contributed by atoms with Crippen molar-refractivity contribution in [3.05, 3.63) is 34.3 Å². The second-order valence-electron chi connectivity index (χ2n) is 6.31. The molecule has 1 fully saturated rings. The third-order valence-corrected chi connectivity index (χ3v) is 4.80. The Bertz CT molecular complexity index is 614. The SMILES string of the molecule is CC/N=C\NCC1(O)CCN(Cc2ccc(C(=O)OC)cc2Cl)CC1. The van der Waals surface area contributed by atoms with Crippen LogP contribution in [0.15, 0.2) is 23.2 Å². The lowest BCUT2D eigenvalue weighted by Crippen LogP contribution is -2.49. The number of methoxy groups -OCH3 is 1. The van der Waals surface area contributed by atoms with E-state index in [-0.39, 0.29) is 0 Å². The van der Waals surface area contributed by atoms with Gasteiger partial charge in [-0.2, -0.15) is 0 Å². The van der Waals surface area contributed by atoms with E-state index in [9.17, 15) is 9.90 Å². The first kappa shape index (κ1) is 19.7. The van der Waals surface area contributed by atoms with E-state index in [1.54, 1.807) is 18.5 Å². The second kappa shape index (κ2) is 9.17. The zero-order valence-corrected chi connectivity index (χ0v) is 15.6. The van der Waals surface area contributed by atoms with Gasteiger partial charge in [-0.3, -0.25) is 9.89 Å². The van der Waals surface area contributed by atoms with E-state index in [1.165, 1.54) is 7.11 Å². The van der Waals surface area contributed by atoms with Gasteiger partial charge in [-0.1, -0.05) is 17.7 Å². The molecule has 0 bridgehead atoms. The number of nitrogens with zero attached hydrogens (tertiary/aromatic N) is 2. The van der Waals surface area contributed by atoms with Gasteiger partial charge in [0.05, 0.1) is 24.6 Å². The first-order valence-corrected chi connectivity index (χ1v) is 8.88. The fourth-order valence-corrected chi connectivity index (χ4v) is 3.10. The molecule has 0 aromatic heterocycles. The fourth-order valence-electron chi connectivity index (χ4n) is 2.86. The van der Waals surface area contributed by atoms with Crippen LogP contribution in [-0.4, -0.2) is 61.2 Å². The molecule has 0 unspecified atom stereocenters. The van der Waals surface area contributed by atoms with Crippen LogP contribution < -0.4 is 5.32 Å². The third kappa shape index (κ3) is 5.70. The zero-order valence-electron chi connectivity index (χ0n) is 14.8. The number of benzene rings is 1. The molecule has 6 nitrogen and oxygen atoms in total. The summed E-state index contributed by atoms with van der Waals surface area (Å²) < 4.78 is 4.70. The van der Waals surface area contributed by atoms with Gasteiger partial charge in [0.25, 0.3) is 0 Å². The van der Waals surface area contributed by atoms with Crippen LogP contribution in [0.1, 0.15) is 35.7 Å². The van der Waals surface area contributed by atoms with Crippen LogP contribution in [0.5, 0.6) is 0 Å². The normalized spacial score (nSPS) is 17.6. The molecule has 1 aromatic carbocycles. The maximum Gasteiger partial charge on any atom is 0.337 e. The number of piperidine rings is 1. The molecule has 2 rings (SSSR count). The van der Waals surface area contributed by atoms with Gasteiger partial charge in [-0.25, -0.2) is 4.79 Å². The van der Waals surface area contributed by atoms with Crippen LogP contribution in [-0.2, 0) is 11.3 Å². The summed E-state index contributed by atoms with van der Waals surface area (Å²) in [5.41, 5.74) is 0.714. The molecule has 2 N–H and O–H groups in total. The Kier molecular flexibility index (Phi) is 7.23. The topological polar surface area (TPSA) is 74.2 Å². The number of hydrogen-bond acceptors (Lipinski definition) is 5. The summed E-state index contributed by atoms with van der Waals surface area (Å²) in [5, 5.41) is 14.2. The van der Waals surface area contributed by atoms with Crippen LogP contribution in [0.2, 0.25) is 5.02 Å². The molecule has 7 heteroatoms. The molecule has 25 heavy (non-hydrogen) atoms. The number of ether oxygens (including phenoxy) is 1. The van der Waals surface area contributed by atoms with Crippen molar-refractivity contribution in [2.75, 3.05) is 33.3 Å². The number of aliphatic hydroxyl groups is 1. The molecule has 1 aliphatic rings. The van der Waals surface area contributed by atoms with Crippen LogP contribution in [0.3, 0.4) is 0 Å². The minimum atomic E-state index is -0.700. The molecule has 0 radical (unpaired) electrons. The van der Waals surface area contributed by atoms with E-state index in [0.717, 1.165) is 25.2 Å². The number of esters is 1. The van der Waals surface area contributed by atoms with Crippen LogP contribution in [0.4, 0.5) is 0 Å². The predicted molar refractivity (Wildman–Crippen MR) is 99.3 cm³/mol. The van der Waals surface area contributed by atoms with Crippen molar-refractivity contribution in [1.29, 1.82) is 0 Å². The van der Waals surface area contributed by atoms with Crippen molar-refractivity contribution in [3.63, 3.8) is 0 Å². The Balaban J connectivity index is 1.87. The minimum Gasteiger partial charge on any atom is -0.465 e. The Morgan fingerprint density at radius 2 is 2.20 bits per heavy atom.